The number of amides is 3. The van der Waals surface area contributed by atoms with Gasteiger partial charge in [-0.1, -0.05) is 6.92 Å². The van der Waals surface area contributed by atoms with Crippen molar-refractivity contribution in [1.29, 1.82) is 0 Å². The first kappa shape index (κ1) is 21.4. The molecule has 0 aliphatic rings. The number of ether oxygens (including phenoxy) is 1. The smallest absolute Gasteiger partial charge is 0.412 e. The molecule has 150 valence electrons. The summed E-state index contributed by atoms with van der Waals surface area (Å²) >= 11 is 1.41. The van der Waals surface area contributed by atoms with Crippen LogP contribution in [0.2, 0.25) is 0 Å². The van der Waals surface area contributed by atoms with Crippen molar-refractivity contribution in [3.05, 3.63) is 51.2 Å². The first-order valence-corrected chi connectivity index (χ1v) is 9.70. The monoisotopic (exact) mass is 403 g/mol. The van der Waals surface area contributed by atoms with E-state index in [1.165, 1.54) is 11.3 Å². The summed E-state index contributed by atoms with van der Waals surface area (Å²) in [5.41, 5.74) is 6.11. The predicted octanol–water partition coefficient (Wildman–Crippen LogP) is 4.04. The number of rotatable bonds is 4. The Morgan fingerprint density at radius 1 is 1.04 bits per heavy atom. The molecule has 0 fully saturated rings. The maximum Gasteiger partial charge on any atom is 0.412 e. The lowest BCUT2D eigenvalue weighted by Crippen LogP contribution is -2.41. The van der Waals surface area contributed by atoms with Crippen molar-refractivity contribution in [1.82, 2.24) is 10.9 Å². The van der Waals surface area contributed by atoms with E-state index in [0.29, 0.717) is 16.1 Å². The van der Waals surface area contributed by atoms with Gasteiger partial charge in [-0.3, -0.25) is 25.8 Å². The molecule has 0 radical (unpaired) electrons. The molecule has 3 N–H and O–H groups in total. The Bertz CT molecular complexity index is 867. The highest BCUT2D eigenvalue weighted by molar-refractivity contribution is 7.14. The Morgan fingerprint density at radius 3 is 2.18 bits per heavy atom. The number of nitrogens with one attached hydrogen (secondary N) is 3. The summed E-state index contributed by atoms with van der Waals surface area (Å²) < 4.78 is 5.17. The van der Waals surface area contributed by atoms with E-state index in [1.807, 2.05) is 19.9 Å². The molecule has 0 atom stereocenters. The van der Waals surface area contributed by atoms with Gasteiger partial charge in [0, 0.05) is 16.1 Å². The van der Waals surface area contributed by atoms with E-state index < -0.39 is 17.6 Å². The van der Waals surface area contributed by atoms with Gasteiger partial charge < -0.3 is 4.74 Å². The zero-order valence-electron chi connectivity index (χ0n) is 16.6. The second-order valence-corrected chi connectivity index (χ2v) is 8.32. The Hall–Kier alpha value is -2.87. The van der Waals surface area contributed by atoms with Gasteiger partial charge in [-0.25, -0.2) is 4.79 Å². The number of carbonyl (C=O) groups excluding carboxylic acids is 3. The fourth-order valence-electron chi connectivity index (χ4n) is 2.36. The molecule has 0 aliphatic heterocycles. The van der Waals surface area contributed by atoms with E-state index in [9.17, 15) is 14.4 Å². The van der Waals surface area contributed by atoms with Gasteiger partial charge >= 0.3 is 6.09 Å². The first-order valence-electron chi connectivity index (χ1n) is 8.89. The van der Waals surface area contributed by atoms with Crippen molar-refractivity contribution in [2.75, 3.05) is 5.32 Å². The maximum absolute atomic E-state index is 12.2. The van der Waals surface area contributed by atoms with Crippen molar-refractivity contribution in [3.8, 4) is 0 Å². The minimum absolute atomic E-state index is 0.339. The number of carbonyl (C=O) groups is 3. The number of hydrazine groups is 1. The molecule has 0 aliphatic carbocycles. The molecular weight excluding hydrogens is 378 g/mol. The Kier molecular flexibility index (Phi) is 6.80. The van der Waals surface area contributed by atoms with Crippen LogP contribution in [0.4, 0.5) is 10.5 Å². The summed E-state index contributed by atoms with van der Waals surface area (Å²) in [6.07, 6.45) is 0.287. The molecule has 2 rings (SSSR count). The van der Waals surface area contributed by atoms with E-state index in [1.54, 1.807) is 45.0 Å². The van der Waals surface area contributed by atoms with E-state index in [0.717, 1.165) is 16.9 Å². The van der Waals surface area contributed by atoms with Crippen molar-refractivity contribution in [2.45, 2.75) is 46.6 Å². The maximum atomic E-state index is 12.2. The second kappa shape index (κ2) is 8.88. The third-order valence-electron chi connectivity index (χ3n) is 3.65. The van der Waals surface area contributed by atoms with Crippen LogP contribution < -0.4 is 16.2 Å². The summed E-state index contributed by atoms with van der Waals surface area (Å²) in [5.74, 6) is -0.814. The minimum atomic E-state index is -0.596. The Morgan fingerprint density at radius 2 is 1.64 bits per heavy atom. The molecule has 8 heteroatoms. The van der Waals surface area contributed by atoms with Gasteiger partial charge in [-0.15, -0.1) is 11.3 Å². The van der Waals surface area contributed by atoms with Crippen LogP contribution in [-0.4, -0.2) is 23.5 Å². The Balaban J connectivity index is 1.90. The van der Waals surface area contributed by atoms with Crippen LogP contribution in [0.5, 0.6) is 0 Å². The molecule has 2 aromatic rings. The van der Waals surface area contributed by atoms with E-state index in [4.69, 9.17) is 4.74 Å². The topological polar surface area (TPSA) is 96.5 Å². The SMILES string of the molecule is CCc1sc(C(=O)NNC(=O)c2ccc(NC(=O)OC(C)(C)C)cc2)cc1C. The zero-order chi connectivity index (χ0) is 20.9. The number of anilines is 1. The molecule has 7 nitrogen and oxygen atoms in total. The third kappa shape index (κ3) is 6.09. The van der Waals surface area contributed by atoms with Crippen LogP contribution in [-0.2, 0) is 11.2 Å². The summed E-state index contributed by atoms with van der Waals surface area (Å²) in [5, 5.41) is 2.59. The molecule has 0 saturated carbocycles. The molecule has 0 unspecified atom stereocenters. The molecular formula is C20H25N3O4S. The summed E-state index contributed by atoms with van der Waals surface area (Å²) in [7, 11) is 0. The number of thiophene rings is 1. The quantitative estimate of drug-likeness (QED) is 0.671. The van der Waals surface area contributed by atoms with E-state index in [2.05, 4.69) is 16.2 Å². The predicted molar refractivity (Wildman–Crippen MR) is 110 cm³/mol. The van der Waals surface area contributed by atoms with Crippen molar-refractivity contribution in [2.24, 2.45) is 0 Å². The number of hydrogen-bond donors (Lipinski definition) is 3. The van der Waals surface area contributed by atoms with Crippen LogP contribution in [0, 0.1) is 6.92 Å². The lowest BCUT2D eigenvalue weighted by atomic mass is 10.2. The molecule has 0 bridgehead atoms. The average molecular weight is 404 g/mol. The van der Waals surface area contributed by atoms with Crippen molar-refractivity contribution >= 4 is 34.9 Å². The van der Waals surface area contributed by atoms with Crippen LogP contribution in [0.25, 0.3) is 0 Å². The first-order chi connectivity index (χ1) is 13.1. The van der Waals surface area contributed by atoms with Crippen LogP contribution in [0.3, 0.4) is 0 Å². The van der Waals surface area contributed by atoms with Gasteiger partial charge in [0.05, 0.1) is 4.88 Å². The standard InChI is InChI=1S/C20H25N3O4S/c1-6-15-12(2)11-16(28-15)18(25)23-22-17(24)13-7-9-14(10-8-13)21-19(26)27-20(3,4)5/h7-11H,6H2,1-5H3,(H,21,26)(H,22,24)(H,23,25). The summed E-state index contributed by atoms with van der Waals surface area (Å²) in [4.78, 5) is 37.8. The van der Waals surface area contributed by atoms with Crippen LogP contribution in [0.15, 0.2) is 30.3 Å². The van der Waals surface area contributed by atoms with Crippen molar-refractivity contribution < 1.29 is 19.1 Å². The van der Waals surface area contributed by atoms with E-state index >= 15 is 0 Å². The normalized spacial score (nSPS) is 10.9. The van der Waals surface area contributed by atoms with Gasteiger partial charge in [0.25, 0.3) is 11.8 Å². The van der Waals surface area contributed by atoms with Gasteiger partial charge in [-0.05, 0) is 70.0 Å². The Labute approximate surface area is 168 Å². The molecule has 3 amide bonds. The van der Waals surface area contributed by atoms with Crippen LogP contribution in [0.1, 0.15) is 58.2 Å². The molecule has 1 aromatic heterocycles. The van der Waals surface area contributed by atoms with E-state index in [-0.39, 0.29) is 5.91 Å². The number of hydrogen-bond acceptors (Lipinski definition) is 5. The summed E-state index contributed by atoms with van der Waals surface area (Å²) in [6, 6.07) is 8.05. The number of benzene rings is 1. The van der Waals surface area contributed by atoms with Gasteiger partial charge in [0.1, 0.15) is 5.60 Å². The highest BCUT2D eigenvalue weighted by Gasteiger charge is 2.17. The summed E-state index contributed by atoms with van der Waals surface area (Å²) in [6.45, 7) is 9.31. The van der Waals surface area contributed by atoms with Crippen molar-refractivity contribution in [3.63, 3.8) is 0 Å². The molecule has 1 heterocycles. The number of aryl methyl sites for hydroxylation is 2. The zero-order valence-corrected chi connectivity index (χ0v) is 17.5. The van der Waals surface area contributed by atoms with Gasteiger partial charge in [-0.2, -0.15) is 0 Å². The fourth-order valence-corrected chi connectivity index (χ4v) is 3.37. The second-order valence-electron chi connectivity index (χ2n) is 7.18. The highest BCUT2D eigenvalue weighted by atomic mass is 32.1. The highest BCUT2D eigenvalue weighted by Crippen LogP contribution is 2.22. The third-order valence-corrected chi connectivity index (χ3v) is 5.03. The lowest BCUT2D eigenvalue weighted by molar-refractivity contribution is 0.0635. The molecule has 0 spiro atoms. The molecule has 1 aromatic carbocycles. The fraction of sp³-hybridized carbons (Fsp3) is 0.350. The molecule has 0 saturated heterocycles. The minimum Gasteiger partial charge on any atom is -0.444 e. The lowest BCUT2D eigenvalue weighted by Gasteiger charge is -2.19. The molecule has 28 heavy (non-hydrogen) atoms. The average Bonchev–Trinajstić information content (AvgIpc) is 2.99. The van der Waals surface area contributed by atoms with Gasteiger partial charge in [0.15, 0.2) is 0 Å². The van der Waals surface area contributed by atoms with Gasteiger partial charge in [0.2, 0.25) is 0 Å². The largest absolute Gasteiger partial charge is 0.444 e. The van der Waals surface area contributed by atoms with Crippen LogP contribution >= 0.6 is 11.3 Å².